The lowest BCUT2D eigenvalue weighted by molar-refractivity contribution is -0.120. The highest BCUT2D eigenvalue weighted by molar-refractivity contribution is 5.97. The van der Waals surface area contributed by atoms with Gasteiger partial charge in [0.15, 0.2) is 11.6 Å². The molecule has 0 radical (unpaired) electrons. The monoisotopic (exact) mass is 207 g/mol. The standard InChI is InChI=1S/C10H13N3O2/c1-11-7-6-15-8-4-3-5-12-9(8)13(2)10(7)14/h3-5,7,11H,6H2,1-2H3. The van der Waals surface area contributed by atoms with E-state index >= 15 is 0 Å². The number of hydrogen-bond donors (Lipinski definition) is 1. The zero-order chi connectivity index (χ0) is 10.8. The van der Waals surface area contributed by atoms with Gasteiger partial charge >= 0.3 is 0 Å². The molecule has 1 N–H and O–H groups in total. The number of aromatic nitrogens is 1. The second-order valence-corrected chi connectivity index (χ2v) is 3.37. The zero-order valence-electron chi connectivity index (χ0n) is 8.73. The highest BCUT2D eigenvalue weighted by Crippen LogP contribution is 2.27. The highest BCUT2D eigenvalue weighted by Gasteiger charge is 2.28. The minimum absolute atomic E-state index is 0.0325. The second-order valence-electron chi connectivity index (χ2n) is 3.37. The molecule has 2 heterocycles. The lowest BCUT2D eigenvalue weighted by Crippen LogP contribution is -2.45. The van der Waals surface area contributed by atoms with Crippen LogP contribution in [0.3, 0.4) is 0 Å². The Balaban J connectivity index is 2.39. The molecule has 0 bridgehead atoms. The lowest BCUT2D eigenvalue weighted by atomic mass is 10.3. The van der Waals surface area contributed by atoms with Crippen LogP contribution in [-0.2, 0) is 4.79 Å². The number of carbonyl (C=O) groups is 1. The van der Waals surface area contributed by atoms with E-state index in [2.05, 4.69) is 10.3 Å². The van der Waals surface area contributed by atoms with Crippen LogP contribution in [0.15, 0.2) is 18.3 Å². The van der Waals surface area contributed by atoms with Crippen molar-refractivity contribution in [2.45, 2.75) is 6.04 Å². The number of hydrogen-bond acceptors (Lipinski definition) is 4. The van der Waals surface area contributed by atoms with Crippen molar-refractivity contribution in [2.75, 3.05) is 25.6 Å². The van der Waals surface area contributed by atoms with Gasteiger partial charge in [0, 0.05) is 13.2 Å². The number of carbonyl (C=O) groups excluding carboxylic acids is 1. The molecule has 0 aromatic carbocycles. The number of amides is 1. The number of nitrogens with one attached hydrogen (secondary N) is 1. The number of fused-ring (bicyclic) bond motifs is 1. The Morgan fingerprint density at radius 2 is 2.47 bits per heavy atom. The summed E-state index contributed by atoms with van der Waals surface area (Å²) < 4.78 is 5.51. The van der Waals surface area contributed by atoms with Crippen LogP contribution in [0.4, 0.5) is 5.82 Å². The molecule has 80 valence electrons. The summed E-state index contributed by atoms with van der Waals surface area (Å²) in [5.74, 6) is 1.18. The Labute approximate surface area is 88.1 Å². The molecule has 0 saturated carbocycles. The first-order valence-electron chi connectivity index (χ1n) is 4.76. The predicted octanol–water partition coefficient (Wildman–Crippen LogP) is 0.0248. The molecule has 1 aromatic heterocycles. The maximum absolute atomic E-state index is 11.9. The first kappa shape index (κ1) is 9.92. The van der Waals surface area contributed by atoms with Crippen LogP contribution < -0.4 is 15.0 Å². The molecule has 0 aliphatic carbocycles. The van der Waals surface area contributed by atoms with E-state index in [-0.39, 0.29) is 11.9 Å². The summed E-state index contributed by atoms with van der Waals surface area (Å²) in [7, 11) is 3.44. The molecule has 0 fully saturated rings. The maximum atomic E-state index is 11.9. The quantitative estimate of drug-likeness (QED) is 0.705. The average molecular weight is 207 g/mol. The summed E-state index contributed by atoms with van der Waals surface area (Å²) in [6.07, 6.45) is 1.64. The van der Waals surface area contributed by atoms with Crippen LogP contribution in [0.5, 0.6) is 5.75 Å². The summed E-state index contributed by atoms with van der Waals surface area (Å²) in [4.78, 5) is 17.5. The summed E-state index contributed by atoms with van der Waals surface area (Å²) >= 11 is 0. The van der Waals surface area contributed by atoms with Gasteiger partial charge < -0.3 is 10.1 Å². The van der Waals surface area contributed by atoms with Gasteiger partial charge in [-0.15, -0.1) is 0 Å². The third kappa shape index (κ3) is 1.66. The fourth-order valence-electron chi connectivity index (χ4n) is 1.54. The van der Waals surface area contributed by atoms with Crippen molar-refractivity contribution in [2.24, 2.45) is 0 Å². The minimum Gasteiger partial charge on any atom is -0.488 e. The zero-order valence-corrected chi connectivity index (χ0v) is 8.73. The molecule has 1 aliphatic rings. The second kappa shape index (κ2) is 3.86. The number of likely N-dealkylation sites (N-methyl/N-ethyl adjacent to an activating group) is 2. The van der Waals surface area contributed by atoms with Gasteiger partial charge in [0.2, 0.25) is 5.91 Å². The van der Waals surface area contributed by atoms with Gasteiger partial charge in [-0.3, -0.25) is 9.69 Å². The van der Waals surface area contributed by atoms with Crippen molar-refractivity contribution in [1.29, 1.82) is 0 Å². The van der Waals surface area contributed by atoms with Gasteiger partial charge in [0.05, 0.1) is 0 Å². The molecule has 1 aliphatic heterocycles. The Morgan fingerprint density at radius 3 is 3.20 bits per heavy atom. The van der Waals surface area contributed by atoms with Gasteiger partial charge in [0.1, 0.15) is 12.6 Å². The number of nitrogens with zero attached hydrogens (tertiary/aromatic N) is 2. The molecule has 5 heteroatoms. The van der Waals surface area contributed by atoms with Gasteiger partial charge in [-0.05, 0) is 19.2 Å². The smallest absolute Gasteiger partial charge is 0.248 e. The summed E-state index contributed by atoms with van der Waals surface area (Å²) in [6.45, 7) is 0.332. The molecule has 5 nitrogen and oxygen atoms in total. The minimum atomic E-state index is -0.316. The van der Waals surface area contributed by atoms with Crippen molar-refractivity contribution in [1.82, 2.24) is 10.3 Å². The van der Waals surface area contributed by atoms with Gasteiger partial charge in [-0.2, -0.15) is 0 Å². The number of rotatable bonds is 1. The lowest BCUT2D eigenvalue weighted by Gasteiger charge is -2.17. The third-order valence-corrected chi connectivity index (χ3v) is 2.45. The van der Waals surface area contributed by atoms with E-state index in [1.54, 1.807) is 26.4 Å². The van der Waals surface area contributed by atoms with Gasteiger partial charge in [-0.25, -0.2) is 4.98 Å². The molecular formula is C10H13N3O2. The van der Waals surface area contributed by atoms with Crippen LogP contribution in [0.2, 0.25) is 0 Å². The average Bonchev–Trinajstić information content (AvgIpc) is 2.39. The molecular weight excluding hydrogens is 194 g/mol. The predicted molar refractivity (Wildman–Crippen MR) is 56.0 cm³/mol. The Kier molecular flexibility index (Phi) is 2.55. The Hall–Kier alpha value is -1.62. The van der Waals surface area contributed by atoms with Crippen molar-refractivity contribution in [3.05, 3.63) is 18.3 Å². The van der Waals surface area contributed by atoms with Crippen molar-refractivity contribution in [3.63, 3.8) is 0 Å². The first-order valence-corrected chi connectivity index (χ1v) is 4.76. The molecule has 15 heavy (non-hydrogen) atoms. The van der Waals surface area contributed by atoms with E-state index in [0.717, 1.165) is 0 Å². The molecule has 1 atom stereocenters. The molecule has 1 aromatic rings. The first-order chi connectivity index (χ1) is 7.24. The van der Waals surface area contributed by atoms with E-state index in [4.69, 9.17) is 4.74 Å². The van der Waals surface area contributed by atoms with Gasteiger partial charge in [0.25, 0.3) is 0 Å². The van der Waals surface area contributed by atoms with E-state index < -0.39 is 0 Å². The van der Waals surface area contributed by atoms with Crippen LogP contribution >= 0.6 is 0 Å². The SMILES string of the molecule is CNC1COc2cccnc2N(C)C1=O. The van der Waals surface area contributed by atoms with Crippen molar-refractivity contribution < 1.29 is 9.53 Å². The maximum Gasteiger partial charge on any atom is 0.248 e. The van der Waals surface area contributed by atoms with Crippen molar-refractivity contribution >= 4 is 11.7 Å². The molecule has 0 spiro atoms. The molecule has 0 saturated heterocycles. The molecule has 1 unspecified atom stereocenters. The van der Waals surface area contributed by atoms with Crippen LogP contribution in [0, 0.1) is 0 Å². The Bertz CT molecular complexity index is 381. The Morgan fingerprint density at radius 1 is 1.67 bits per heavy atom. The fourth-order valence-corrected chi connectivity index (χ4v) is 1.54. The normalized spacial score (nSPS) is 20.5. The fraction of sp³-hybridized carbons (Fsp3) is 0.400. The molecule has 1 amide bonds. The van der Waals surface area contributed by atoms with Crippen LogP contribution in [0.25, 0.3) is 0 Å². The van der Waals surface area contributed by atoms with Gasteiger partial charge in [-0.1, -0.05) is 0 Å². The topological polar surface area (TPSA) is 54.5 Å². The summed E-state index contributed by atoms with van der Waals surface area (Å²) in [6, 6.07) is 3.28. The van der Waals surface area contributed by atoms with E-state index in [0.29, 0.717) is 18.2 Å². The number of pyridine rings is 1. The van der Waals surface area contributed by atoms with E-state index in [1.165, 1.54) is 4.90 Å². The number of ether oxygens (including phenoxy) is 1. The third-order valence-electron chi connectivity index (χ3n) is 2.45. The van der Waals surface area contributed by atoms with Crippen LogP contribution in [0.1, 0.15) is 0 Å². The van der Waals surface area contributed by atoms with Crippen LogP contribution in [-0.4, -0.2) is 37.6 Å². The van der Waals surface area contributed by atoms with E-state index in [9.17, 15) is 4.79 Å². The summed E-state index contributed by atoms with van der Waals surface area (Å²) in [5, 5.41) is 2.91. The molecule has 2 rings (SSSR count). The number of anilines is 1. The highest BCUT2D eigenvalue weighted by atomic mass is 16.5. The van der Waals surface area contributed by atoms with E-state index in [1.807, 2.05) is 6.07 Å². The summed E-state index contributed by atoms with van der Waals surface area (Å²) in [5.41, 5.74) is 0. The largest absolute Gasteiger partial charge is 0.488 e. The van der Waals surface area contributed by atoms with Crippen molar-refractivity contribution in [3.8, 4) is 5.75 Å².